The van der Waals surface area contributed by atoms with Crippen LogP contribution < -0.4 is 9.64 Å². The van der Waals surface area contributed by atoms with Crippen LogP contribution in [0.15, 0.2) is 79.1 Å². The van der Waals surface area contributed by atoms with E-state index < -0.39 is 0 Å². The number of fused-ring (bicyclic) bond motifs is 1. The van der Waals surface area contributed by atoms with Crippen LogP contribution in [0, 0.1) is 11.7 Å². The molecule has 0 N–H and O–H groups in total. The summed E-state index contributed by atoms with van der Waals surface area (Å²) in [5.74, 6) is 0.440. The minimum Gasteiger partial charge on any atom is -0.469 e. The minimum atomic E-state index is -0.369. The second-order valence-electron chi connectivity index (χ2n) is 9.22. The average molecular weight is 486 g/mol. The summed E-state index contributed by atoms with van der Waals surface area (Å²) in [6.45, 7) is 2.53. The van der Waals surface area contributed by atoms with Crippen LogP contribution in [-0.2, 0) is 4.79 Å². The van der Waals surface area contributed by atoms with Gasteiger partial charge >= 0.3 is 0 Å². The number of nitrogens with zero attached hydrogens (tertiary/aromatic N) is 5. The number of aromatic nitrogens is 3. The summed E-state index contributed by atoms with van der Waals surface area (Å²) < 4.78 is 21.3. The van der Waals surface area contributed by atoms with E-state index >= 15 is 0 Å². The zero-order valence-corrected chi connectivity index (χ0v) is 20.5. The topological polar surface area (TPSA) is 63.0 Å². The number of carbonyl (C=O) groups excluding carboxylic acids is 1. The number of halogens is 1. The van der Waals surface area contributed by atoms with Crippen molar-refractivity contribution in [2.75, 3.05) is 25.5 Å². The lowest BCUT2D eigenvalue weighted by Crippen LogP contribution is -2.24. The molecule has 1 amide bonds. The third-order valence-electron chi connectivity index (χ3n) is 6.24. The van der Waals surface area contributed by atoms with Gasteiger partial charge in [-0.25, -0.2) is 13.9 Å². The minimum absolute atomic E-state index is 0.127. The van der Waals surface area contributed by atoms with E-state index in [9.17, 15) is 9.18 Å². The first-order valence-electron chi connectivity index (χ1n) is 11.9. The van der Waals surface area contributed by atoms with Gasteiger partial charge in [0.1, 0.15) is 11.9 Å². The molecule has 0 radical (unpaired) electrons. The molecule has 0 saturated carbocycles. The fraction of sp³-hybridized carbons (Fsp3) is 0.250. The van der Waals surface area contributed by atoms with Crippen molar-refractivity contribution in [2.24, 2.45) is 5.92 Å². The lowest BCUT2D eigenvalue weighted by atomic mass is 10.1. The SMILES string of the molecule is C[C@@H](Oc1ccc2ncc(-c3ccc(N4CC(/C=C/N(C)C)CC4=O)cc3)n2n1)c1cccc(F)c1. The van der Waals surface area contributed by atoms with Crippen LogP contribution in [0.1, 0.15) is 25.0 Å². The third kappa shape index (κ3) is 4.93. The Morgan fingerprint density at radius 1 is 1.14 bits per heavy atom. The highest BCUT2D eigenvalue weighted by atomic mass is 19.1. The van der Waals surface area contributed by atoms with E-state index in [-0.39, 0.29) is 23.7 Å². The van der Waals surface area contributed by atoms with Crippen molar-refractivity contribution < 1.29 is 13.9 Å². The Morgan fingerprint density at radius 2 is 1.94 bits per heavy atom. The molecule has 3 heterocycles. The summed E-state index contributed by atoms with van der Waals surface area (Å²) in [5, 5.41) is 4.62. The van der Waals surface area contributed by atoms with Crippen LogP contribution in [0.5, 0.6) is 5.88 Å². The van der Waals surface area contributed by atoms with Crippen molar-refractivity contribution in [1.82, 2.24) is 19.5 Å². The molecule has 0 spiro atoms. The maximum atomic E-state index is 13.6. The van der Waals surface area contributed by atoms with Gasteiger partial charge in [0, 0.05) is 50.3 Å². The summed E-state index contributed by atoms with van der Waals surface area (Å²) in [6.07, 6.45) is 6.00. The number of hydrogen-bond acceptors (Lipinski definition) is 5. The molecule has 36 heavy (non-hydrogen) atoms. The highest BCUT2D eigenvalue weighted by Crippen LogP contribution is 2.29. The summed E-state index contributed by atoms with van der Waals surface area (Å²) in [7, 11) is 3.94. The van der Waals surface area contributed by atoms with E-state index in [4.69, 9.17) is 4.74 Å². The van der Waals surface area contributed by atoms with Gasteiger partial charge < -0.3 is 14.5 Å². The Morgan fingerprint density at radius 3 is 2.69 bits per heavy atom. The van der Waals surface area contributed by atoms with Crippen LogP contribution in [0.25, 0.3) is 16.9 Å². The summed E-state index contributed by atoms with van der Waals surface area (Å²) in [6, 6.07) is 17.8. The maximum absolute atomic E-state index is 13.6. The molecule has 2 atom stereocenters. The number of ether oxygens (including phenoxy) is 1. The molecule has 2 aromatic carbocycles. The highest BCUT2D eigenvalue weighted by molar-refractivity contribution is 5.96. The highest BCUT2D eigenvalue weighted by Gasteiger charge is 2.29. The molecule has 184 valence electrons. The van der Waals surface area contributed by atoms with Crippen molar-refractivity contribution in [1.29, 1.82) is 0 Å². The van der Waals surface area contributed by atoms with Crippen molar-refractivity contribution >= 4 is 17.2 Å². The number of benzene rings is 2. The van der Waals surface area contributed by atoms with Crippen LogP contribution in [0.3, 0.4) is 0 Å². The average Bonchev–Trinajstić information content (AvgIpc) is 3.46. The molecule has 0 bridgehead atoms. The molecule has 4 aromatic rings. The lowest BCUT2D eigenvalue weighted by Gasteiger charge is -2.17. The van der Waals surface area contributed by atoms with Crippen molar-refractivity contribution in [3.63, 3.8) is 0 Å². The second kappa shape index (κ2) is 9.81. The van der Waals surface area contributed by atoms with E-state index in [1.165, 1.54) is 12.1 Å². The van der Waals surface area contributed by atoms with Gasteiger partial charge in [0.05, 0.1) is 11.9 Å². The zero-order valence-electron chi connectivity index (χ0n) is 20.5. The fourth-order valence-electron chi connectivity index (χ4n) is 4.34. The van der Waals surface area contributed by atoms with Crippen LogP contribution in [0.4, 0.5) is 10.1 Å². The molecule has 1 aliphatic heterocycles. The van der Waals surface area contributed by atoms with Crippen LogP contribution >= 0.6 is 0 Å². The van der Waals surface area contributed by atoms with Gasteiger partial charge in [0.25, 0.3) is 0 Å². The van der Waals surface area contributed by atoms with Gasteiger partial charge in [-0.2, -0.15) is 0 Å². The number of rotatable bonds is 7. The molecular formula is C28H28FN5O2. The Balaban J connectivity index is 1.35. The largest absolute Gasteiger partial charge is 0.469 e. The predicted molar refractivity (Wildman–Crippen MR) is 137 cm³/mol. The number of anilines is 1. The number of carbonyl (C=O) groups is 1. The van der Waals surface area contributed by atoms with Gasteiger partial charge in [-0.05, 0) is 49.0 Å². The first kappa shape index (κ1) is 23.5. The van der Waals surface area contributed by atoms with E-state index in [2.05, 4.69) is 16.2 Å². The molecule has 1 unspecified atom stereocenters. The monoisotopic (exact) mass is 485 g/mol. The van der Waals surface area contributed by atoms with Crippen molar-refractivity contribution in [2.45, 2.75) is 19.4 Å². The summed E-state index contributed by atoms with van der Waals surface area (Å²) in [5.41, 5.74) is 4.02. The summed E-state index contributed by atoms with van der Waals surface area (Å²) in [4.78, 5) is 20.9. The molecule has 1 aliphatic rings. The Kier molecular flexibility index (Phi) is 6.41. The number of hydrogen-bond donors (Lipinski definition) is 0. The molecule has 0 aliphatic carbocycles. The van der Waals surface area contributed by atoms with E-state index in [1.807, 2.05) is 73.4 Å². The molecule has 1 saturated heterocycles. The Hall–Kier alpha value is -4.20. The molecule has 1 fully saturated rings. The molecule has 7 nitrogen and oxygen atoms in total. The van der Waals surface area contributed by atoms with Crippen molar-refractivity contribution in [3.8, 4) is 17.1 Å². The van der Waals surface area contributed by atoms with E-state index in [1.54, 1.807) is 22.8 Å². The summed E-state index contributed by atoms with van der Waals surface area (Å²) >= 11 is 0. The first-order valence-corrected chi connectivity index (χ1v) is 11.9. The van der Waals surface area contributed by atoms with Crippen LogP contribution in [0.2, 0.25) is 0 Å². The lowest BCUT2D eigenvalue weighted by molar-refractivity contribution is -0.117. The van der Waals surface area contributed by atoms with E-state index in [0.29, 0.717) is 24.5 Å². The Bertz CT molecular complexity index is 1410. The van der Waals surface area contributed by atoms with Gasteiger partial charge in [0.2, 0.25) is 11.8 Å². The quantitative estimate of drug-likeness (QED) is 0.364. The third-order valence-corrected chi connectivity index (χ3v) is 6.24. The zero-order chi connectivity index (χ0) is 25.2. The number of amides is 1. The molecular weight excluding hydrogens is 457 g/mol. The second-order valence-corrected chi connectivity index (χ2v) is 9.22. The standard InChI is InChI=1S/C28H28FN5O2/c1-19(22-5-4-6-23(29)16-22)36-27-12-11-26-30-17-25(34(26)31-27)21-7-9-24(10-8-21)33-18-20(15-28(33)35)13-14-32(2)3/h4-14,16-17,19-20H,15,18H2,1-3H3/b14-13+/t19-,20?/m1/s1. The fourth-order valence-corrected chi connectivity index (χ4v) is 4.34. The normalized spacial score (nSPS) is 16.7. The first-order chi connectivity index (χ1) is 17.4. The molecule has 2 aromatic heterocycles. The van der Waals surface area contributed by atoms with Gasteiger partial charge in [-0.3, -0.25) is 4.79 Å². The van der Waals surface area contributed by atoms with Gasteiger partial charge in [0.15, 0.2) is 5.65 Å². The molecule has 5 rings (SSSR count). The molecule has 8 heteroatoms. The van der Waals surface area contributed by atoms with E-state index in [0.717, 1.165) is 22.5 Å². The van der Waals surface area contributed by atoms with Gasteiger partial charge in [-0.15, -0.1) is 5.10 Å². The maximum Gasteiger partial charge on any atom is 0.232 e. The van der Waals surface area contributed by atoms with Crippen molar-refractivity contribution in [3.05, 3.63) is 90.5 Å². The smallest absolute Gasteiger partial charge is 0.232 e. The number of imidazole rings is 1. The predicted octanol–water partition coefficient (Wildman–Crippen LogP) is 5.10. The van der Waals surface area contributed by atoms with Crippen LogP contribution in [-0.4, -0.2) is 46.0 Å². The Labute approximate surface area is 209 Å². The van der Waals surface area contributed by atoms with Gasteiger partial charge in [-0.1, -0.05) is 30.3 Å².